The zero-order valence-corrected chi connectivity index (χ0v) is 15.1. The molecule has 2 fully saturated rings. The van der Waals surface area contributed by atoms with Crippen molar-refractivity contribution in [2.75, 3.05) is 13.6 Å². The molecule has 2 rings (SSSR count). The SMILES string of the molecule is CCNC1CCC(C)(C)CC1N(C)C1CCC(CC)CC1. The average molecular weight is 295 g/mol. The lowest BCUT2D eigenvalue weighted by Gasteiger charge is -2.48. The lowest BCUT2D eigenvalue weighted by molar-refractivity contribution is 0.0377. The Morgan fingerprint density at radius 2 is 1.71 bits per heavy atom. The van der Waals surface area contributed by atoms with Gasteiger partial charge in [0.15, 0.2) is 0 Å². The van der Waals surface area contributed by atoms with Crippen LogP contribution in [0.5, 0.6) is 0 Å². The number of nitrogens with zero attached hydrogens (tertiary/aromatic N) is 1. The maximum absolute atomic E-state index is 3.77. The van der Waals surface area contributed by atoms with Crippen LogP contribution in [0.4, 0.5) is 0 Å². The van der Waals surface area contributed by atoms with Crippen molar-refractivity contribution in [1.29, 1.82) is 0 Å². The summed E-state index contributed by atoms with van der Waals surface area (Å²) in [5, 5.41) is 3.77. The normalized spacial score (nSPS) is 36.9. The molecule has 2 heteroatoms. The number of rotatable bonds is 5. The van der Waals surface area contributed by atoms with Gasteiger partial charge in [-0.1, -0.05) is 34.1 Å². The number of likely N-dealkylation sites (N-methyl/N-ethyl adjacent to an activating group) is 2. The Bertz CT molecular complexity index is 305. The fourth-order valence-corrected chi connectivity index (χ4v) is 4.71. The number of hydrogen-bond acceptors (Lipinski definition) is 2. The predicted molar refractivity (Wildman–Crippen MR) is 92.7 cm³/mol. The Morgan fingerprint density at radius 1 is 1.05 bits per heavy atom. The Kier molecular flexibility index (Phi) is 6.14. The van der Waals surface area contributed by atoms with Crippen LogP contribution in [0.2, 0.25) is 0 Å². The first kappa shape index (κ1) is 17.3. The molecule has 2 saturated carbocycles. The van der Waals surface area contributed by atoms with Crippen LogP contribution >= 0.6 is 0 Å². The molecule has 0 heterocycles. The summed E-state index contributed by atoms with van der Waals surface area (Å²) in [6.45, 7) is 10.6. The third-order valence-corrected chi connectivity index (χ3v) is 6.32. The zero-order chi connectivity index (χ0) is 15.5. The van der Waals surface area contributed by atoms with Crippen LogP contribution in [0.25, 0.3) is 0 Å². The molecule has 0 aromatic heterocycles. The third-order valence-electron chi connectivity index (χ3n) is 6.32. The minimum absolute atomic E-state index is 0.519. The number of nitrogens with one attached hydrogen (secondary N) is 1. The van der Waals surface area contributed by atoms with E-state index < -0.39 is 0 Å². The maximum Gasteiger partial charge on any atom is 0.0254 e. The van der Waals surface area contributed by atoms with Crippen molar-refractivity contribution in [2.45, 2.75) is 97.2 Å². The van der Waals surface area contributed by atoms with Crippen LogP contribution < -0.4 is 5.32 Å². The smallest absolute Gasteiger partial charge is 0.0254 e. The van der Waals surface area contributed by atoms with Gasteiger partial charge in [0.2, 0.25) is 0 Å². The van der Waals surface area contributed by atoms with E-state index in [1.807, 2.05) is 0 Å². The monoisotopic (exact) mass is 294 g/mol. The standard InChI is InChI=1S/C19H38N2/c1-6-15-8-10-16(11-9-15)21(5)18-14-19(3,4)13-12-17(18)20-7-2/h15-18,20H,6-14H2,1-5H3. The van der Waals surface area contributed by atoms with Crippen molar-refractivity contribution >= 4 is 0 Å². The summed E-state index contributed by atoms with van der Waals surface area (Å²) in [6, 6.07) is 2.27. The molecule has 0 spiro atoms. The molecule has 2 atom stereocenters. The first-order chi connectivity index (χ1) is 9.96. The summed E-state index contributed by atoms with van der Waals surface area (Å²) in [5.74, 6) is 1.00. The van der Waals surface area contributed by atoms with Gasteiger partial charge >= 0.3 is 0 Å². The highest BCUT2D eigenvalue weighted by Crippen LogP contribution is 2.39. The molecule has 2 aliphatic rings. The predicted octanol–water partition coefficient (Wildman–Crippen LogP) is 4.44. The zero-order valence-electron chi connectivity index (χ0n) is 15.1. The van der Waals surface area contributed by atoms with E-state index in [9.17, 15) is 0 Å². The van der Waals surface area contributed by atoms with E-state index in [1.54, 1.807) is 0 Å². The molecule has 0 saturated heterocycles. The van der Waals surface area contributed by atoms with Crippen LogP contribution in [0.15, 0.2) is 0 Å². The van der Waals surface area contributed by atoms with Crippen LogP contribution in [0, 0.1) is 11.3 Å². The molecule has 124 valence electrons. The number of hydrogen-bond donors (Lipinski definition) is 1. The fourth-order valence-electron chi connectivity index (χ4n) is 4.71. The molecule has 0 amide bonds. The highest BCUT2D eigenvalue weighted by atomic mass is 15.2. The Morgan fingerprint density at radius 3 is 2.29 bits per heavy atom. The Balaban J connectivity index is 1.98. The minimum Gasteiger partial charge on any atom is -0.313 e. The van der Waals surface area contributed by atoms with Gasteiger partial charge in [0.1, 0.15) is 0 Å². The van der Waals surface area contributed by atoms with Crippen molar-refractivity contribution < 1.29 is 0 Å². The van der Waals surface area contributed by atoms with Gasteiger partial charge in [0.05, 0.1) is 0 Å². The lowest BCUT2D eigenvalue weighted by atomic mass is 9.71. The fraction of sp³-hybridized carbons (Fsp3) is 1.00. The summed E-state index contributed by atoms with van der Waals surface area (Å²) in [5.41, 5.74) is 0.519. The van der Waals surface area contributed by atoms with Gasteiger partial charge in [-0.25, -0.2) is 0 Å². The van der Waals surface area contributed by atoms with Crippen LogP contribution in [-0.2, 0) is 0 Å². The summed E-state index contributed by atoms with van der Waals surface area (Å²) < 4.78 is 0. The second-order valence-electron chi connectivity index (χ2n) is 8.39. The van der Waals surface area contributed by atoms with Crippen LogP contribution in [-0.4, -0.2) is 36.6 Å². The molecule has 21 heavy (non-hydrogen) atoms. The molecule has 0 radical (unpaired) electrons. The van der Waals surface area contributed by atoms with Gasteiger partial charge in [-0.2, -0.15) is 0 Å². The molecule has 2 aliphatic carbocycles. The van der Waals surface area contributed by atoms with Gasteiger partial charge < -0.3 is 5.32 Å². The highest BCUT2D eigenvalue weighted by molar-refractivity contribution is 4.95. The van der Waals surface area contributed by atoms with Gasteiger partial charge in [0, 0.05) is 18.1 Å². The van der Waals surface area contributed by atoms with E-state index >= 15 is 0 Å². The minimum atomic E-state index is 0.519. The quantitative estimate of drug-likeness (QED) is 0.806. The summed E-state index contributed by atoms with van der Waals surface area (Å²) in [4.78, 5) is 2.76. The van der Waals surface area contributed by atoms with Crippen molar-refractivity contribution in [3.63, 3.8) is 0 Å². The molecular formula is C19H38N2. The Labute approximate surface area is 133 Å². The topological polar surface area (TPSA) is 15.3 Å². The summed E-state index contributed by atoms with van der Waals surface area (Å²) in [7, 11) is 2.41. The third kappa shape index (κ3) is 4.45. The van der Waals surface area contributed by atoms with E-state index in [-0.39, 0.29) is 0 Å². The first-order valence-corrected chi connectivity index (χ1v) is 9.42. The second-order valence-corrected chi connectivity index (χ2v) is 8.39. The molecule has 0 bridgehead atoms. The average Bonchev–Trinajstić information content (AvgIpc) is 2.48. The molecule has 2 nitrogen and oxygen atoms in total. The van der Waals surface area contributed by atoms with Crippen molar-refractivity contribution in [3.05, 3.63) is 0 Å². The van der Waals surface area contributed by atoms with Crippen LogP contribution in [0.3, 0.4) is 0 Å². The first-order valence-electron chi connectivity index (χ1n) is 9.42. The van der Waals surface area contributed by atoms with Crippen molar-refractivity contribution in [1.82, 2.24) is 10.2 Å². The van der Waals surface area contributed by atoms with Crippen LogP contribution in [0.1, 0.15) is 79.1 Å². The Hall–Kier alpha value is -0.0800. The second kappa shape index (κ2) is 7.46. The molecule has 0 aromatic carbocycles. The lowest BCUT2D eigenvalue weighted by Crippen LogP contribution is -2.56. The van der Waals surface area contributed by atoms with E-state index in [0.717, 1.165) is 24.5 Å². The van der Waals surface area contributed by atoms with Gasteiger partial charge in [-0.05, 0) is 69.9 Å². The molecule has 1 N–H and O–H groups in total. The molecule has 2 unspecified atom stereocenters. The summed E-state index contributed by atoms with van der Waals surface area (Å²) in [6.07, 6.45) is 11.2. The summed E-state index contributed by atoms with van der Waals surface area (Å²) >= 11 is 0. The highest BCUT2D eigenvalue weighted by Gasteiger charge is 2.39. The maximum atomic E-state index is 3.77. The molecular weight excluding hydrogens is 256 g/mol. The van der Waals surface area contributed by atoms with E-state index in [4.69, 9.17) is 0 Å². The largest absolute Gasteiger partial charge is 0.313 e. The molecule has 0 aliphatic heterocycles. The van der Waals surface area contributed by atoms with E-state index in [1.165, 1.54) is 51.4 Å². The van der Waals surface area contributed by atoms with Crippen molar-refractivity contribution in [3.8, 4) is 0 Å². The molecule has 0 aromatic rings. The van der Waals surface area contributed by atoms with E-state index in [0.29, 0.717) is 11.5 Å². The van der Waals surface area contributed by atoms with Gasteiger partial charge in [0.25, 0.3) is 0 Å². The van der Waals surface area contributed by atoms with Gasteiger partial charge in [-0.3, -0.25) is 4.90 Å². The van der Waals surface area contributed by atoms with Gasteiger partial charge in [-0.15, -0.1) is 0 Å². The van der Waals surface area contributed by atoms with E-state index in [2.05, 4.69) is 45.0 Å². The van der Waals surface area contributed by atoms with Crippen molar-refractivity contribution in [2.24, 2.45) is 11.3 Å².